The van der Waals surface area contributed by atoms with Crippen LogP contribution in [0.1, 0.15) is 43.2 Å². The van der Waals surface area contributed by atoms with E-state index >= 15 is 0 Å². The summed E-state index contributed by atoms with van der Waals surface area (Å²) in [5, 5.41) is 11.4. The normalized spacial score (nSPS) is 34.5. The lowest BCUT2D eigenvalue weighted by atomic mass is 9.52. The van der Waals surface area contributed by atoms with Crippen LogP contribution in [0, 0.1) is 23.7 Å². The van der Waals surface area contributed by atoms with Gasteiger partial charge in [-0.1, -0.05) is 12.0 Å². The van der Waals surface area contributed by atoms with Gasteiger partial charge in [0.05, 0.1) is 14.2 Å². The van der Waals surface area contributed by atoms with Gasteiger partial charge in [0.2, 0.25) is 0 Å². The van der Waals surface area contributed by atoms with Crippen molar-refractivity contribution in [2.24, 2.45) is 11.3 Å². The molecule has 0 unspecified atom stereocenters. The summed E-state index contributed by atoms with van der Waals surface area (Å²) in [4.78, 5) is 12.4. The number of fused-ring (bicyclic) bond motifs is 3. The van der Waals surface area contributed by atoms with E-state index in [1.807, 2.05) is 6.07 Å². The zero-order chi connectivity index (χ0) is 17.5. The van der Waals surface area contributed by atoms with Crippen LogP contribution in [0.2, 0.25) is 0 Å². The molecule has 4 nitrogen and oxygen atoms in total. The molecule has 1 aromatic rings. The molecular formula is C20H24O4. The van der Waals surface area contributed by atoms with Gasteiger partial charge in [-0.2, -0.15) is 0 Å². The molecular weight excluding hydrogens is 304 g/mol. The van der Waals surface area contributed by atoms with Crippen molar-refractivity contribution < 1.29 is 19.4 Å². The molecule has 0 aromatic heterocycles. The molecule has 0 amide bonds. The third kappa shape index (κ3) is 2.15. The molecule has 4 heteroatoms. The highest BCUT2D eigenvalue weighted by Gasteiger charge is 2.61. The maximum absolute atomic E-state index is 12.4. The summed E-state index contributed by atoms with van der Waals surface area (Å²) < 4.78 is 10.3. The third-order valence-corrected chi connectivity index (χ3v) is 6.15. The van der Waals surface area contributed by atoms with Crippen LogP contribution in [0.25, 0.3) is 0 Å². The molecule has 1 N–H and O–H groups in total. The van der Waals surface area contributed by atoms with Crippen molar-refractivity contribution in [2.75, 3.05) is 14.2 Å². The first kappa shape index (κ1) is 16.9. The Hall–Kier alpha value is -1.99. The van der Waals surface area contributed by atoms with Crippen molar-refractivity contribution in [1.82, 2.24) is 0 Å². The Morgan fingerprint density at radius 2 is 2.12 bits per heavy atom. The first-order valence-corrected chi connectivity index (χ1v) is 8.36. The van der Waals surface area contributed by atoms with Gasteiger partial charge in [-0.3, -0.25) is 4.79 Å². The van der Waals surface area contributed by atoms with Crippen LogP contribution < -0.4 is 4.74 Å². The molecule has 0 saturated heterocycles. The average Bonchev–Trinajstić information content (AvgIpc) is 2.62. The molecule has 4 atom stereocenters. The third-order valence-electron chi connectivity index (χ3n) is 6.15. The Bertz CT molecular complexity index is 704. The van der Waals surface area contributed by atoms with Crippen molar-refractivity contribution in [3.63, 3.8) is 0 Å². The van der Waals surface area contributed by atoms with Crippen LogP contribution >= 0.6 is 0 Å². The van der Waals surface area contributed by atoms with Crippen molar-refractivity contribution in [2.45, 2.75) is 44.1 Å². The van der Waals surface area contributed by atoms with Crippen molar-refractivity contribution in [3.05, 3.63) is 29.3 Å². The monoisotopic (exact) mass is 328 g/mol. The summed E-state index contributed by atoms with van der Waals surface area (Å²) in [5.74, 6) is 2.98. The van der Waals surface area contributed by atoms with Crippen molar-refractivity contribution >= 4 is 5.97 Å². The highest BCUT2D eigenvalue weighted by Crippen LogP contribution is 2.57. The van der Waals surface area contributed by atoms with Gasteiger partial charge in [0.1, 0.15) is 16.8 Å². The molecule has 3 rings (SSSR count). The summed E-state index contributed by atoms with van der Waals surface area (Å²) in [5.41, 5.74) is -0.105. The standard InChI is InChI=1S/C20H24O4/c1-5-20(22)17-9-6-13-12-14(23-3)7-8-15(13)16(17)10-11-19(20,2)18(21)24-4/h1,7-8,12,16-17,22H,6,9-11H2,2-4H3/t16-,17+,19-,20-/m1/s1. The van der Waals surface area contributed by atoms with Gasteiger partial charge in [-0.05, 0) is 61.8 Å². The van der Waals surface area contributed by atoms with Crippen LogP contribution in [0.3, 0.4) is 0 Å². The Labute approximate surface area is 143 Å². The van der Waals surface area contributed by atoms with Gasteiger partial charge >= 0.3 is 5.97 Å². The summed E-state index contributed by atoms with van der Waals surface area (Å²) in [7, 11) is 3.01. The minimum absolute atomic E-state index is 0.151. The summed E-state index contributed by atoms with van der Waals surface area (Å²) in [6, 6.07) is 6.08. The van der Waals surface area contributed by atoms with Crippen molar-refractivity contribution in [3.8, 4) is 18.1 Å². The smallest absolute Gasteiger partial charge is 0.315 e. The second-order valence-electron chi connectivity index (χ2n) is 7.09. The number of aryl methyl sites for hydroxylation is 1. The maximum atomic E-state index is 12.4. The number of terminal acetylenes is 1. The van der Waals surface area contributed by atoms with Crippen LogP contribution in [-0.2, 0) is 16.0 Å². The highest BCUT2D eigenvalue weighted by atomic mass is 16.5. The number of rotatable bonds is 2. The first-order valence-electron chi connectivity index (χ1n) is 8.36. The van der Waals surface area contributed by atoms with Gasteiger partial charge in [0.15, 0.2) is 0 Å². The zero-order valence-corrected chi connectivity index (χ0v) is 14.5. The molecule has 0 radical (unpaired) electrons. The lowest BCUT2D eigenvalue weighted by Gasteiger charge is -2.53. The van der Waals surface area contributed by atoms with Gasteiger partial charge in [0, 0.05) is 5.92 Å². The van der Waals surface area contributed by atoms with E-state index in [1.54, 1.807) is 14.0 Å². The number of aliphatic hydroxyl groups is 1. The molecule has 24 heavy (non-hydrogen) atoms. The first-order chi connectivity index (χ1) is 11.4. The summed E-state index contributed by atoms with van der Waals surface area (Å²) in [6.07, 6.45) is 8.63. The number of methoxy groups -OCH3 is 2. The van der Waals surface area contributed by atoms with E-state index in [9.17, 15) is 9.90 Å². The fourth-order valence-electron chi connectivity index (χ4n) is 4.67. The van der Waals surface area contributed by atoms with E-state index in [4.69, 9.17) is 15.9 Å². The summed E-state index contributed by atoms with van der Waals surface area (Å²) >= 11 is 0. The minimum atomic E-state index is -1.50. The number of carbonyl (C=O) groups excluding carboxylic acids is 1. The minimum Gasteiger partial charge on any atom is -0.497 e. The Balaban J connectivity index is 2.04. The number of carbonyl (C=O) groups is 1. The SMILES string of the molecule is C#C[C@@]1(O)[C@H]2CCc3cc(OC)ccc3[C@H]2CC[C@]1(C)C(=O)OC. The van der Waals surface area contributed by atoms with E-state index in [1.165, 1.54) is 18.2 Å². The maximum Gasteiger partial charge on any atom is 0.315 e. The predicted octanol–water partition coefficient (Wildman–Crippen LogP) is 2.68. The number of ether oxygens (including phenoxy) is 2. The Morgan fingerprint density at radius 1 is 1.38 bits per heavy atom. The molecule has 0 heterocycles. The van der Waals surface area contributed by atoms with Crippen LogP contribution in [0.4, 0.5) is 0 Å². The van der Waals surface area contributed by atoms with E-state index < -0.39 is 17.0 Å². The molecule has 1 fully saturated rings. The molecule has 1 aromatic carbocycles. The molecule has 2 aliphatic rings. The van der Waals surface area contributed by atoms with Gasteiger partial charge < -0.3 is 14.6 Å². The largest absolute Gasteiger partial charge is 0.497 e. The molecule has 0 aliphatic heterocycles. The van der Waals surface area contributed by atoms with E-state index in [2.05, 4.69) is 18.1 Å². The highest BCUT2D eigenvalue weighted by molar-refractivity contribution is 5.79. The predicted molar refractivity (Wildman–Crippen MR) is 90.7 cm³/mol. The van der Waals surface area contributed by atoms with Crippen LogP contribution in [0.5, 0.6) is 5.75 Å². The fraction of sp³-hybridized carbons (Fsp3) is 0.550. The number of benzene rings is 1. The fourth-order valence-corrected chi connectivity index (χ4v) is 4.67. The molecule has 0 bridgehead atoms. The van der Waals surface area contributed by atoms with Gasteiger partial charge in [-0.15, -0.1) is 6.42 Å². The Morgan fingerprint density at radius 3 is 2.75 bits per heavy atom. The van der Waals surface area contributed by atoms with Gasteiger partial charge in [-0.25, -0.2) is 0 Å². The zero-order valence-electron chi connectivity index (χ0n) is 14.5. The number of hydrogen-bond donors (Lipinski definition) is 1. The quantitative estimate of drug-likeness (QED) is 0.670. The molecule has 2 aliphatic carbocycles. The Kier molecular flexibility index (Phi) is 4.09. The van der Waals surface area contributed by atoms with Crippen molar-refractivity contribution in [1.29, 1.82) is 0 Å². The number of hydrogen-bond acceptors (Lipinski definition) is 4. The topological polar surface area (TPSA) is 55.8 Å². The molecule has 128 valence electrons. The van der Waals surface area contributed by atoms with E-state index in [-0.39, 0.29) is 11.8 Å². The van der Waals surface area contributed by atoms with Gasteiger partial charge in [0.25, 0.3) is 0 Å². The second kappa shape index (κ2) is 5.82. The molecule has 0 spiro atoms. The second-order valence-corrected chi connectivity index (χ2v) is 7.09. The lowest BCUT2D eigenvalue weighted by Crippen LogP contribution is -2.60. The molecule has 1 saturated carbocycles. The number of esters is 1. The van der Waals surface area contributed by atoms with Crippen LogP contribution in [-0.4, -0.2) is 30.9 Å². The summed E-state index contributed by atoms with van der Waals surface area (Å²) in [6.45, 7) is 1.73. The van der Waals surface area contributed by atoms with Crippen LogP contribution in [0.15, 0.2) is 18.2 Å². The van der Waals surface area contributed by atoms with E-state index in [0.717, 1.165) is 25.0 Å². The lowest BCUT2D eigenvalue weighted by molar-refractivity contribution is -0.179. The average molecular weight is 328 g/mol. The van der Waals surface area contributed by atoms with E-state index in [0.29, 0.717) is 6.42 Å².